The second-order valence-corrected chi connectivity index (χ2v) is 7.34. The van der Waals surface area contributed by atoms with E-state index >= 15 is 0 Å². The van der Waals surface area contributed by atoms with Crippen LogP contribution in [-0.2, 0) is 19.4 Å². The molecule has 9 heteroatoms. The molecule has 0 bridgehead atoms. The molecule has 23 heavy (non-hydrogen) atoms. The lowest BCUT2D eigenvalue weighted by molar-refractivity contribution is -0.140. The van der Waals surface area contributed by atoms with Crippen molar-refractivity contribution in [2.24, 2.45) is 5.73 Å². The fourth-order valence-electron chi connectivity index (χ4n) is 2.38. The van der Waals surface area contributed by atoms with Crippen molar-refractivity contribution in [3.63, 3.8) is 0 Å². The normalized spacial score (nSPS) is 18.7. The Morgan fingerprint density at radius 3 is 2.57 bits per heavy atom. The van der Waals surface area contributed by atoms with Gasteiger partial charge in [-0.3, -0.25) is 9.59 Å². The van der Waals surface area contributed by atoms with Gasteiger partial charge in [0.1, 0.15) is 11.9 Å². The van der Waals surface area contributed by atoms with E-state index < -0.39 is 39.3 Å². The highest BCUT2D eigenvalue weighted by atomic mass is 32.2. The van der Waals surface area contributed by atoms with Crippen LogP contribution >= 0.6 is 0 Å². The first kappa shape index (κ1) is 17.4. The number of sulfone groups is 1. The number of rotatable bonds is 5. The molecule has 2 amide bonds. The quantitative estimate of drug-likeness (QED) is 0.686. The number of amides is 2. The van der Waals surface area contributed by atoms with Crippen molar-refractivity contribution in [3.8, 4) is 0 Å². The van der Waals surface area contributed by atoms with Crippen LogP contribution in [0.5, 0.6) is 0 Å². The first-order chi connectivity index (χ1) is 10.8. The standard InChI is InChI=1S/C14H18FN3O4S/c15-10-1-3-11(4-2-10)23(21,22)8-5-13(19)18-7-6-17-9-12(18)14(16)20/h1-4,12,17H,5-9H2,(H2,16,20)/t12-/m0/s1. The average molecular weight is 343 g/mol. The third-order valence-corrected chi connectivity index (χ3v) is 5.38. The number of carbonyl (C=O) groups excluding carboxylic acids is 2. The molecule has 1 aliphatic rings. The topological polar surface area (TPSA) is 110 Å². The van der Waals surface area contributed by atoms with Gasteiger partial charge in [-0.1, -0.05) is 0 Å². The van der Waals surface area contributed by atoms with Gasteiger partial charge in [-0.2, -0.15) is 0 Å². The second kappa shape index (κ2) is 7.05. The number of hydrogen-bond acceptors (Lipinski definition) is 5. The Bertz CT molecular complexity index is 690. The molecule has 0 aliphatic carbocycles. The Morgan fingerprint density at radius 1 is 1.30 bits per heavy atom. The van der Waals surface area contributed by atoms with Gasteiger partial charge in [0, 0.05) is 26.1 Å². The zero-order valence-corrected chi connectivity index (χ0v) is 13.2. The van der Waals surface area contributed by atoms with E-state index in [9.17, 15) is 22.4 Å². The van der Waals surface area contributed by atoms with Crippen LogP contribution in [0.4, 0.5) is 4.39 Å². The Morgan fingerprint density at radius 2 is 1.96 bits per heavy atom. The number of nitrogens with two attached hydrogens (primary N) is 1. The van der Waals surface area contributed by atoms with Gasteiger partial charge in [-0.15, -0.1) is 0 Å². The molecule has 7 nitrogen and oxygen atoms in total. The van der Waals surface area contributed by atoms with E-state index in [-0.39, 0.29) is 17.9 Å². The fourth-order valence-corrected chi connectivity index (χ4v) is 3.61. The minimum absolute atomic E-state index is 0.0431. The largest absolute Gasteiger partial charge is 0.368 e. The molecule has 1 aromatic carbocycles. The summed E-state index contributed by atoms with van der Waals surface area (Å²) in [5.41, 5.74) is 5.26. The molecule has 1 aromatic rings. The third kappa shape index (κ3) is 4.26. The number of halogens is 1. The van der Waals surface area contributed by atoms with E-state index in [1.807, 2.05) is 0 Å². The Balaban J connectivity index is 2.02. The zero-order valence-electron chi connectivity index (χ0n) is 12.4. The van der Waals surface area contributed by atoms with E-state index in [2.05, 4.69) is 5.32 Å². The molecule has 1 aliphatic heterocycles. The predicted octanol–water partition coefficient (Wildman–Crippen LogP) is -0.725. The molecule has 1 atom stereocenters. The Kier molecular flexibility index (Phi) is 5.32. The number of benzene rings is 1. The maximum absolute atomic E-state index is 12.8. The van der Waals surface area contributed by atoms with Gasteiger partial charge in [-0.05, 0) is 24.3 Å². The van der Waals surface area contributed by atoms with Gasteiger partial charge in [0.05, 0.1) is 10.6 Å². The lowest BCUT2D eigenvalue weighted by atomic mass is 10.1. The predicted molar refractivity (Wildman–Crippen MR) is 80.6 cm³/mol. The van der Waals surface area contributed by atoms with Crippen molar-refractivity contribution < 1.29 is 22.4 Å². The van der Waals surface area contributed by atoms with Crippen LogP contribution in [0.25, 0.3) is 0 Å². The van der Waals surface area contributed by atoms with Crippen molar-refractivity contribution in [2.75, 3.05) is 25.4 Å². The van der Waals surface area contributed by atoms with Gasteiger partial charge < -0.3 is 16.0 Å². The minimum atomic E-state index is -3.69. The SMILES string of the molecule is NC(=O)[C@@H]1CNCCN1C(=O)CCS(=O)(=O)c1ccc(F)cc1. The van der Waals surface area contributed by atoms with E-state index in [1.165, 1.54) is 4.90 Å². The number of primary amides is 1. The molecule has 1 saturated heterocycles. The number of piperazine rings is 1. The minimum Gasteiger partial charge on any atom is -0.368 e. The van der Waals surface area contributed by atoms with Crippen molar-refractivity contribution >= 4 is 21.7 Å². The molecule has 2 rings (SSSR count). The summed E-state index contributed by atoms with van der Waals surface area (Å²) in [6, 6.07) is 3.64. The van der Waals surface area contributed by atoms with Gasteiger partial charge in [0.2, 0.25) is 11.8 Å². The maximum Gasteiger partial charge on any atom is 0.241 e. The summed E-state index contributed by atoms with van der Waals surface area (Å²) in [6.45, 7) is 1.06. The first-order valence-corrected chi connectivity index (χ1v) is 8.74. The summed E-state index contributed by atoms with van der Waals surface area (Å²) < 4.78 is 37.1. The van der Waals surface area contributed by atoms with Gasteiger partial charge >= 0.3 is 0 Å². The Hall–Kier alpha value is -2.00. The van der Waals surface area contributed by atoms with Crippen LogP contribution in [0.1, 0.15) is 6.42 Å². The first-order valence-electron chi connectivity index (χ1n) is 7.09. The van der Waals surface area contributed by atoms with Gasteiger partial charge in [0.25, 0.3) is 0 Å². The van der Waals surface area contributed by atoms with E-state index in [1.54, 1.807) is 0 Å². The summed E-state index contributed by atoms with van der Waals surface area (Å²) in [4.78, 5) is 24.8. The molecule has 0 aromatic heterocycles. The van der Waals surface area contributed by atoms with Crippen molar-refractivity contribution in [3.05, 3.63) is 30.1 Å². The molecular formula is C14H18FN3O4S. The summed E-state index contributed by atoms with van der Waals surface area (Å²) in [7, 11) is -3.69. The van der Waals surface area contributed by atoms with Crippen molar-refractivity contribution in [1.82, 2.24) is 10.2 Å². The number of carbonyl (C=O) groups is 2. The molecule has 0 radical (unpaired) electrons. The van der Waals surface area contributed by atoms with Crippen LogP contribution < -0.4 is 11.1 Å². The lowest BCUT2D eigenvalue weighted by Crippen LogP contribution is -2.58. The highest BCUT2D eigenvalue weighted by molar-refractivity contribution is 7.91. The summed E-state index contributed by atoms with van der Waals surface area (Å²) in [6.07, 6.45) is -0.260. The van der Waals surface area contributed by atoms with Crippen LogP contribution in [-0.4, -0.2) is 56.6 Å². The van der Waals surface area contributed by atoms with Crippen LogP contribution in [0.15, 0.2) is 29.2 Å². The van der Waals surface area contributed by atoms with Gasteiger partial charge in [0.15, 0.2) is 9.84 Å². The molecule has 3 N–H and O–H groups in total. The smallest absolute Gasteiger partial charge is 0.241 e. The molecule has 0 spiro atoms. The summed E-state index contributed by atoms with van der Waals surface area (Å²) in [5.74, 6) is -2.02. The Labute approximate surface area is 133 Å². The lowest BCUT2D eigenvalue weighted by Gasteiger charge is -2.34. The zero-order chi connectivity index (χ0) is 17.0. The highest BCUT2D eigenvalue weighted by Crippen LogP contribution is 2.14. The van der Waals surface area contributed by atoms with Gasteiger partial charge in [-0.25, -0.2) is 12.8 Å². The van der Waals surface area contributed by atoms with Crippen molar-refractivity contribution in [1.29, 1.82) is 0 Å². The van der Waals surface area contributed by atoms with Crippen LogP contribution in [0, 0.1) is 5.82 Å². The number of nitrogens with one attached hydrogen (secondary N) is 1. The van der Waals surface area contributed by atoms with E-state index in [0.717, 1.165) is 24.3 Å². The molecule has 0 unspecified atom stereocenters. The van der Waals surface area contributed by atoms with Crippen LogP contribution in [0.3, 0.4) is 0 Å². The van der Waals surface area contributed by atoms with E-state index in [0.29, 0.717) is 13.1 Å². The number of hydrogen-bond donors (Lipinski definition) is 2. The van der Waals surface area contributed by atoms with Crippen LogP contribution in [0.2, 0.25) is 0 Å². The third-order valence-electron chi connectivity index (χ3n) is 3.65. The maximum atomic E-state index is 12.8. The van der Waals surface area contributed by atoms with E-state index in [4.69, 9.17) is 5.73 Å². The molecule has 0 saturated carbocycles. The van der Waals surface area contributed by atoms with Crippen molar-refractivity contribution in [2.45, 2.75) is 17.4 Å². The molecular weight excluding hydrogens is 325 g/mol. The number of nitrogens with zero attached hydrogens (tertiary/aromatic N) is 1. The monoisotopic (exact) mass is 343 g/mol. The second-order valence-electron chi connectivity index (χ2n) is 5.23. The average Bonchev–Trinajstić information content (AvgIpc) is 2.53. The fraction of sp³-hybridized carbons (Fsp3) is 0.429. The molecule has 126 valence electrons. The summed E-state index contributed by atoms with van der Waals surface area (Å²) in [5, 5.41) is 2.96. The summed E-state index contributed by atoms with van der Waals surface area (Å²) >= 11 is 0. The highest BCUT2D eigenvalue weighted by Gasteiger charge is 2.31. The molecule has 1 heterocycles. The molecule has 1 fully saturated rings.